The Hall–Kier alpha value is -4.30. The number of hydrogen-bond donors (Lipinski definition) is 0. The van der Waals surface area contributed by atoms with Gasteiger partial charge in [0.25, 0.3) is 0 Å². The summed E-state index contributed by atoms with van der Waals surface area (Å²) in [5.74, 6) is 0. The van der Waals surface area contributed by atoms with Crippen LogP contribution in [0.3, 0.4) is 0 Å². The Morgan fingerprint density at radius 1 is 0.441 bits per heavy atom. The predicted octanol–water partition coefficient (Wildman–Crippen LogP) is 8.40. The molecule has 0 saturated carbocycles. The molecule has 0 amide bonds. The van der Waals surface area contributed by atoms with E-state index < -0.39 is 0 Å². The lowest BCUT2D eigenvalue weighted by atomic mass is 9.97. The normalized spacial score (nSPS) is 11.2. The number of nitrogens with zero attached hydrogens (tertiary/aromatic N) is 2. The molecule has 4 aromatic carbocycles. The predicted molar refractivity (Wildman–Crippen MR) is 143 cm³/mol. The van der Waals surface area contributed by atoms with E-state index in [1.54, 1.807) is 0 Å². The maximum absolute atomic E-state index is 4.82. The maximum Gasteiger partial charge on any atom is 0.0708 e. The van der Waals surface area contributed by atoms with Crippen molar-refractivity contribution in [3.63, 3.8) is 0 Å². The minimum absolute atomic E-state index is 0.986. The van der Waals surface area contributed by atoms with Crippen LogP contribution in [0.2, 0.25) is 0 Å². The monoisotopic (exact) mass is 436 g/mol. The highest BCUT2D eigenvalue weighted by atomic mass is 14.7. The number of aryl methyl sites for hydroxylation is 2. The first-order valence-corrected chi connectivity index (χ1v) is 11.6. The first-order valence-electron chi connectivity index (χ1n) is 11.6. The van der Waals surface area contributed by atoms with Crippen LogP contribution in [0.15, 0.2) is 109 Å². The summed E-state index contributed by atoms with van der Waals surface area (Å²) in [5, 5.41) is 5.02. The Kier molecular flexibility index (Phi) is 4.92. The Balaban J connectivity index is 1.35. The zero-order valence-electron chi connectivity index (χ0n) is 19.3. The molecule has 162 valence electrons. The van der Waals surface area contributed by atoms with E-state index in [1.807, 2.05) is 12.4 Å². The van der Waals surface area contributed by atoms with Gasteiger partial charge < -0.3 is 0 Å². The average Bonchev–Trinajstić information content (AvgIpc) is 2.89. The van der Waals surface area contributed by atoms with E-state index in [2.05, 4.69) is 111 Å². The average molecular weight is 437 g/mol. The summed E-state index contributed by atoms with van der Waals surface area (Å²) in [5.41, 5.74) is 8.97. The van der Waals surface area contributed by atoms with Crippen LogP contribution in [0.5, 0.6) is 0 Å². The zero-order chi connectivity index (χ0) is 23.1. The molecule has 0 unspecified atom stereocenters. The number of fused-ring (bicyclic) bond motifs is 2. The van der Waals surface area contributed by atoms with Crippen LogP contribution in [0.4, 0.5) is 0 Å². The maximum atomic E-state index is 4.82. The van der Waals surface area contributed by atoms with Gasteiger partial charge in [0.05, 0.1) is 11.4 Å². The van der Waals surface area contributed by atoms with Gasteiger partial charge in [0, 0.05) is 34.6 Å². The Morgan fingerprint density at radius 3 is 1.24 bits per heavy atom. The third kappa shape index (κ3) is 3.45. The highest BCUT2D eigenvalue weighted by Gasteiger charge is 2.10. The van der Waals surface area contributed by atoms with Gasteiger partial charge in [0.1, 0.15) is 0 Å². The molecule has 2 heterocycles. The molecule has 0 bridgehead atoms. The van der Waals surface area contributed by atoms with Crippen molar-refractivity contribution in [2.45, 2.75) is 13.8 Å². The third-order valence-electron chi connectivity index (χ3n) is 6.64. The second-order valence-corrected chi connectivity index (χ2v) is 8.82. The van der Waals surface area contributed by atoms with E-state index in [-0.39, 0.29) is 0 Å². The highest BCUT2D eigenvalue weighted by molar-refractivity contribution is 5.99. The second kappa shape index (κ2) is 8.24. The quantitative estimate of drug-likeness (QED) is 0.278. The van der Waals surface area contributed by atoms with Crippen molar-refractivity contribution in [2.75, 3.05) is 0 Å². The van der Waals surface area contributed by atoms with Crippen LogP contribution >= 0.6 is 0 Å². The van der Waals surface area contributed by atoms with Crippen molar-refractivity contribution >= 4 is 21.5 Å². The lowest BCUT2D eigenvalue weighted by Crippen LogP contribution is -1.90. The molecule has 2 nitrogen and oxygen atoms in total. The van der Waals surface area contributed by atoms with Gasteiger partial charge in [-0.05, 0) is 58.7 Å². The van der Waals surface area contributed by atoms with E-state index in [4.69, 9.17) is 9.97 Å². The van der Waals surface area contributed by atoms with E-state index >= 15 is 0 Å². The van der Waals surface area contributed by atoms with Crippen LogP contribution in [-0.2, 0) is 0 Å². The van der Waals surface area contributed by atoms with Gasteiger partial charge >= 0.3 is 0 Å². The number of benzene rings is 4. The molecule has 0 aliphatic heterocycles. The summed E-state index contributed by atoms with van der Waals surface area (Å²) in [6.07, 6.45) is 3.90. The molecule has 2 aromatic heterocycles. The van der Waals surface area contributed by atoms with Crippen molar-refractivity contribution in [3.8, 4) is 33.6 Å². The largest absolute Gasteiger partial charge is 0.256 e. The molecule has 0 saturated heterocycles. The molecular weight excluding hydrogens is 412 g/mol. The van der Waals surface area contributed by atoms with E-state index in [0.717, 1.165) is 22.5 Å². The van der Waals surface area contributed by atoms with Gasteiger partial charge in [-0.3, -0.25) is 9.97 Å². The summed E-state index contributed by atoms with van der Waals surface area (Å²) in [7, 11) is 0. The SMILES string of the molecule is Cc1cccc2cccc(-c3ccc(-c4ccc(-c5cccc6cccc(C)c56)nc4)cn3)c12. The van der Waals surface area contributed by atoms with Gasteiger partial charge in [0.2, 0.25) is 0 Å². The minimum atomic E-state index is 0.986. The molecular formula is C32H24N2. The van der Waals surface area contributed by atoms with E-state index in [0.29, 0.717) is 0 Å². The number of rotatable bonds is 3. The first kappa shape index (κ1) is 20.3. The van der Waals surface area contributed by atoms with Crippen molar-refractivity contribution in [1.29, 1.82) is 0 Å². The lowest BCUT2D eigenvalue weighted by Gasteiger charge is -2.11. The van der Waals surface area contributed by atoms with Gasteiger partial charge in [0.15, 0.2) is 0 Å². The van der Waals surface area contributed by atoms with Crippen molar-refractivity contribution in [3.05, 3.63) is 121 Å². The molecule has 0 fully saturated rings. The summed E-state index contributed by atoms with van der Waals surface area (Å²) < 4.78 is 0. The Labute approximate surface area is 199 Å². The van der Waals surface area contributed by atoms with E-state index in [9.17, 15) is 0 Å². The molecule has 0 radical (unpaired) electrons. The molecule has 6 rings (SSSR count). The zero-order valence-corrected chi connectivity index (χ0v) is 19.3. The smallest absolute Gasteiger partial charge is 0.0708 e. The number of pyridine rings is 2. The number of hydrogen-bond acceptors (Lipinski definition) is 2. The Bertz CT molecular complexity index is 1510. The Morgan fingerprint density at radius 2 is 0.853 bits per heavy atom. The lowest BCUT2D eigenvalue weighted by molar-refractivity contribution is 1.30. The molecule has 0 aliphatic carbocycles. The topological polar surface area (TPSA) is 25.8 Å². The van der Waals surface area contributed by atoms with Crippen molar-refractivity contribution in [2.24, 2.45) is 0 Å². The van der Waals surface area contributed by atoms with Gasteiger partial charge in [-0.15, -0.1) is 0 Å². The van der Waals surface area contributed by atoms with Crippen molar-refractivity contribution < 1.29 is 0 Å². The summed E-state index contributed by atoms with van der Waals surface area (Å²) in [6.45, 7) is 4.32. The minimum Gasteiger partial charge on any atom is -0.256 e. The molecule has 6 aromatic rings. The van der Waals surface area contributed by atoms with E-state index in [1.165, 1.54) is 43.8 Å². The summed E-state index contributed by atoms with van der Waals surface area (Å²) >= 11 is 0. The second-order valence-electron chi connectivity index (χ2n) is 8.82. The van der Waals surface area contributed by atoms with Gasteiger partial charge in [-0.1, -0.05) is 84.9 Å². The molecule has 0 N–H and O–H groups in total. The summed E-state index contributed by atoms with van der Waals surface area (Å²) in [4.78, 5) is 9.64. The third-order valence-corrected chi connectivity index (χ3v) is 6.64. The molecule has 0 aliphatic rings. The fourth-order valence-electron chi connectivity index (χ4n) is 4.93. The van der Waals surface area contributed by atoms with Crippen LogP contribution in [0, 0.1) is 13.8 Å². The van der Waals surface area contributed by atoms with Crippen LogP contribution in [0.25, 0.3) is 55.2 Å². The van der Waals surface area contributed by atoms with Crippen LogP contribution in [0.1, 0.15) is 11.1 Å². The first-order chi connectivity index (χ1) is 16.7. The summed E-state index contributed by atoms with van der Waals surface area (Å²) in [6, 6.07) is 34.2. The fourth-order valence-corrected chi connectivity index (χ4v) is 4.93. The molecule has 0 atom stereocenters. The van der Waals surface area contributed by atoms with Gasteiger partial charge in [-0.25, -0.2) is 0 Å². The molecule has 2 heteroatoms. The van der Waals surface area contributed by atoms with Gasteiger partial charge in [-0.2, -0.15) is 0 Å². The highest BCUT2D eigenvalue weighted by Crippen LogP contribution is 2.33. The molecule has 0 spiro atoms. The molecule has 34 heavy (non-hydrogen) atoms. The van der Waals surface area contributed by atoms with Crippen LogP contribution < -0.4 is 0 Å². The number of aromatic nitrogens is 2. The fraction of sp³-hybridized carbons (Fsp3) is 0.0625. The van der Waals surface area contributed by atoms with Crippen LogP contribution in [-0.4, -0.2) is 9.97 Å². The van der Waals surface area contributed by atoms with Crippen molar-refractivity contribution in [1.82, 2.24) is 9.97 Å². The standard InChI is InChI=1S/C32H24N2/c1-21-7-3-9-23-11-5-13-27(31(21)23)29-17-15-25(19-33-29)26-16-18-30(34-20-26)28-14-6-12-24-10-4-8-22(2)32(24)28/h3-20H,1-2H3.